The molecule has 2 heterocycles. The number of benzene rings is 1. The number of thioether (sulfide) groups is 1. The Labute approximate surface area is 221 Å². The highest BCUT2D eigenvalue weighted by Gasteiger charge is 2.38. The average molecular weight is 533 g/mol. The van der Waals surface area contributed by atoms with Gasteiger partial charge in [-0.05, 0) is 57.5 Å². The largest absolute Gasteiger partial charge is 0.465 e. The second-order valence-corrected chi connectivity index (χ2v) is 11.7. The summed E-state index contributed by atoms with van der Waals surface area (Å²) in [5, 5.41) is 5.25. The molecule has 0 bridgehead atoms. The number of aryl methyl sites for hydroxylation is 1. The van der Waals surface area contributed by atoms with E-state index in [9.17, 15) is 14.4 Å². The molecule has 1 N–H and O–H groups in total. The summed E-state index contributed by atoms with van der Waals surface area (Å²) in [6.45, 7) is 7.31. The van der Waals surface area contributed by atoms with Crippen molar-refractivity contribution < 1.29 is 23.9 Å². The van der Waals surface area contributed by atoms with E-state index in [4.69, 9.17) is 9.47 Å². The molecule has 1 aliphatic rings. The second kappa shape index (κ2) is 13.3. The van der Waals surface area contributed by atoms with E-state index in [-0.39, 0.29) is 31.1 Å². The van der Waals surface area contributed by atoms with Gasteiger partial charge in [-0.15, -0.1) is 11.3 Å². The van der Waals surface area contributed by atoms with Crippen molar-refractivity contribution in [3.63, 3.8) is 0 Å². The Morgan fingerprint density at radius 2 is 1.89 bits per heavy atom. The smallest absolute Gasteiger partial charge is 0.326 e. The summed E-state index contributed by atoms with van der Waals surface area (Å²) in [4.78, 5) is 42.0. The quantitative estimate of drug-likeness (QED) is 0.459. The number of rotatable bonds is 10. The van der Waals surface area contributed by atoms with Gasteiger partial charge in [0.05, 0.1) is 18.7 Å². The number of carbonyl (C=O) groups excluding carboxylic acids is 3. The second-order valence-electron chi connectivity index (χ2n) is 9.67. The molecular weight excluding hydrogens is 496 g/mol. The van der Waals surface area contributed by atoms with Crippen LogP contribution in [0.3, 0.4) is 0 Å². The SMILES string of the molecule is CCOC(=O)C(CCc1ccccc1)N[C@H]1CSC[C@@H](c2cccs2)N(CC(=O)OC(C)(C)C)C1=O. The predicted octanol–water partition coefficient (Wildman–Crippen LogP) is 4.23. The molecule has 1 unspecified atom stereocenters. The molecule has 3 rings (SSSR count). The maximum Gasteiger partial charge on any atom is 0.326 e. The molecular formula is C27H36N2O5S2. The molecule has 0 saturated carbocycles. The molecule has 0 spiro atoms. The summed E-state index contributed by atoms with van der Waals surface area (Å²) in [5.74, 6) is 0.116. The third kappa shape index (κ3) is 8.35. The van der Waals surface area contributed by atoms with Gasteiger partial charge in [0.2, 0.25) is 5.91 Å². The van der Waals surface area contributed by atoms with Crippen molar-refractivity contribution in [2.45, 2.75) is 64.3 Å². The van der Waals surface area contributed by atoms with Gasteiger partial charge in [0.1, 0.15) is 18.2 Å². The highest BCUT2D eigenvalue weighted by molar-refractivity contribution is 7.99. The van der Waals surface area contributed by atoms with E-state index < -0.39 is 23.7 Å². The molecule has 1 saturated heterocycles. The zero-order chi connectivity index (χ0) is 26.1. The van der Waals surface area contributed by atoms with E-state index in [0.29, 0.717) is 24.3 Å². The maximum absolute atomic E-state index is 13.8. The molecule has 1 aliphatic heterocycles. The number of ether oxygens (including phenoxy) is 2. The number of nitrogens with one attached hydrogen (secondary N) is 1. The number of hydrogen-bond donors (Lipinski definition) is 1. The van der Waals surface area contributed by atoms with Crippen LogP contribution >= 0.6 is 23.1 Å². The van der Waals surface area contributed by atoms with Gasteiger partial charge >= 0.3 is 11.9 Å². The normalized spacial score (nSPS) is 19.4. The number of amides is 1. The number of carbonyl (C=O) groups is 3. The Morgan fingerprint density at radius 3 is 2.53 bits per heavy atom. The van der Waals surface area contributed by atoms with Gasteiger partial charge in [-0.2, -0.15) is 11.8 Å². The molecule has 9 heteroatoms. The number of hydrogen-bond acceptors (Lipinski definition) is 8. The van der Waals surface area contributed by atoms with E-state index >= 15 is 0 Å². The lowest BCUT2D eigenvalue weighted by Crippen LogP contribution is -2.54. The highest BCUT2D eigenvalue weighted by Crippen LogP contribution is 2.32. The Bertz CT molecular complexity index is 991. The van der Waals surface area contributed by atoms with Gasteiger partial charge in [-0.1, -0.05) is 36.4 Å². The molecule has 1 aromatic carbocycles. The summed E-state index contributed by atoms with van der Waals surface area (Å²) in [7, 11) is 0. The van der Waals surface area contributed by atoms with Crippen molar-refractivity contribution in [2.24, 2.45) is 0 Å². The van der Waals surface area contributed by atoms with E-state index in [1.165, 1.54) is 0 Å². The van der Waals surface area contributed by atoms with Crippen molar-refractivity contribution in [3.05, 3.63) is 58.3 Å². The minimum atomic E-state index is -0.650. The van der Waals surface area contributed by atoms with Crippen LogP contribution in [0.2, 0.25) is 0 Å². The van der Waals surface area contributed by atoms with Crippen molar-refractivity contribution in [1.82, 2.24) is 10.2 Å². The third-order valence-corrected chi connectivity index (χ3v) is 7.74. The van der Waals surface area contributed by atoms with E-state index in [0.717, 1.165) is 10.4 Å². The van der Waals surface area contributed by atoms with Crippen molar-refractivity contribution >= 4 is 40.9 Å². The fourth-order valence-corrected chi connectivity index (χ4v) is 6.20. The molecule has 36 heavy (non-hydrogen) atoms. The highest BCUT2D eigenvalue weighted by atomic mass is 32.2. The first kappa shape index (κ1) is 28.2. The first-order valence-corrected chi connectivity index (χ1v) is 14.3. The average Bonchev–Trinajstić information content (AvgIpc) is 3.31. The molecule has 1 aromatic heterocycles. The van der Waals surface area contributed by atoms with E-state index in [1.807, 2.05) is 68.6 Å². The van der Waals surface area contributed by atoms with Crippen LogP contribution in [-0.4, -0.2) is 65.1 Å². The Morgan fingerprint density at radius 1 is 1.14 bits per heavy atom. The molecule has 3 atom stereocenters. The molecule has 1 amide bonds. The minimum Gasteiger partial charge on any atom is -0.465 e. The van der Waals surface area contributed by atoms with Gasteiger partial charge in [0.15, 0.2) is 0 Å². The van der Waals surface area contributed by atoms with Gasteiger partial charge in [-0.3, -0.25) is 19.7 Å². The third-order valence-electron chi connectivity index (χ3n) is 5.65. The summed E-state index contributed by atoms with van der Waals surface area (Å²) < 4.78 is 10.9. The van der Waals surface area contributed by atoms with Crippen molar-refractivity contribution in [2.75, 3.05) is 24.7 Å². The Hall–Kier alpha value is -2.36. The Balaban J connectivity index is 1.80. The first-order valence-electron chi connectivity index (χ1n) is 12.3. The predicted molar refractivity (Wildman–Crippen MR) is 144 cm³/mol. The minimum absolute atomic E-state index is 0.147. The molecule has 2 aromatic rings. The van der Waals surface area contributed by atoms with Crippen LogP contribution in [0.1, 0.15) is 50.6 Å². The number of esters is 2. The van der Waals surface area contributed by atoms with E-state index in [2.05, 4.69) is 5.32 Å². The summed E-state index contributed by atoms with van der Waals surface area (Å²) in [6, 6.07) is 12.3. The molecule has 1 fully saturated rings. The van der Waals surface area contributed by atoms with Crippen LogP contribution in [0.5, 0.6) is 0 Å². The molecule has 0 radical (unpaired) electrons. The zero-order valence-electron chi connectivity index (χ0n) is 21.4. The van der Waals surface area contributed by atoms with Gasteiger partial charge in [-0.25, -0.2) is 0 Å². The Kier molecular flexibility index (Phi) is 10.4. The maximum atomic E-state index is 13.8. The molecule has 7 nitrogen and oxygen atoms in total. The lowest BCUT2D eigenvalue weighted by Gasteiger charge is -2.32. The summed E-state index contributed by atoms with van der Waals surface area (Å²) in [6.07, 6.45) is 1.17. The fraction of sp³-hybridized carbons (Fsp3) is 0.519. The number of nitrogens with zero attached hydrogens (tertiary/aromatic N) is 1. The van der Waals surface area contributed by atoms with Crippen molar-refractivity contribution in [1.29, 1.82) is 0 Å². The standard InChI is InChI=1S/C27H36N2O5S2/c1-5-33-26(32)20(14-13-19-10-7-6-8-11-19)28-21-17-35-18-22(23-12-9-15-36-23)29(25(21)31)16-24(30)34-27(2,3)4/h6-12,15,20-22,28H,5,13-14,16-18H2,1-4H3/t20?,21-,22-/m0/s1. The van der Waals surface area contributed by atoms with Gasteiger partial charge < -0.3 is 14.4 Å². The number of thiophene rings is 1. The first-order chi connectivity index (χ1) is 17.2. The van der Waals surface area contributed by atoms with Gasteiger partial charge in [0.25, 0.3) is 0 Å². The summed E-state index contributed by atoms with van der Waals surface area (Å²) >= 11 is 3.20. The lowest BCUT2D eigenvalue weighted by molar-refractivity contribution is -0.160. The van der Waals surface area contributed by atoms with Crippen LogP contribution in [0, 0.1) is 0 Å². The zero-order valence-corrected chi connectivity index (χ0v) is 23.0. The topological polar surface area (TPSA) is 84.9 Å². The molecule has 196 valence electrons. The lowest BCUT2D eigenvalue weighted by atomic mass is 10.0. The monoisotopic (exact) mass is 532 g/mol. The fourth-order valence-electron chi connectivity index (χ4n) is 4.06. The summed E-state index contributed by atoms with van der Waals surface area (Å²) in [5.41, 5.74) is 0.461. The van der Waals surface area contributed by atoms with Crippen molar-refractivity contribution in [3.8, 4) is 0 Å². The van der Waals surface area contributed by atoms with Gasteiger partial charge in [0, 0.05) is 16.4 Å². The van der Waals surface area contributed by atoms with Crippen LogP contribution in [0.15, 0.2) is 47.8 Å². The van der Waals surface area contributed by atoms with Crippen LogP contribution < -0.4 is 5.32 Å². The van der Waals surface area contributed by atoms with Crippen LogP contribution in [-0.2, 0) is 30.3 Å². The van der Waals surface area contributed by atoms with Crippen LogP contribution in [0.25, 0.3) is 0 Å². The van der Waals surface area contributed by atoms with Crippen LogP contribution in [0.4, 0.5) is 0 Å². The van der Waals surface area contributed by atoms with E-state index in [1.54, 1.807) is 34.9 Å². The molecule has 0 aliphatic carbocycles.